The Hall–Kier alpha value is -4.55. The van der Waals surface area contributed by atoms with E-state index in [1.807, 2.05) is 0 Å². The first-order valence-electron chi connectivity index (χ1n) is 12.0. The number of aliphatic hydroxyl groups is 3. The summed E-state index contributed by atoms with van der Waals surface area (Å²) in [5, 5.41) is 55.9. The number of nitro benzene ring substituents is 1. The molecule has 0 spiro atoms. The molecule has 4 atom stereocenters. The minimum Gasteiger partial charge on any atom is -0.508 e. The van der Waals surface area contributed by atoms with Crippen LogP contribution in [0.5, 0.6) is 5.75 Å². The number of nitrogens with zero attached hydrogens (tertiary/aromatic N) is 2. The molecular formula is C27H25N3O9. The number of rotatable bonds is 4. The van der Waals surface area contributed by atoms with Crippen LogP contribution in [0.2, 0.25) is 0 Å². The number of Topliss-reactive ketones (excluding diaryl/α,β-unsaturated/α-hetero) is 2. The predicted octanol–water partition coefficient (Wildman–Crippen LogP) is 1.54. The van der Waals surface area contributed by atoms with Crippen molar-refractivity contribution in [2.24, 2.45) is 17.6 Å². The van der Waals surface area contributed by atoms with Crippen molar-refractivity contribution in [1.29, 1.82) is 0 Å². The Morgan fingerprint density at radius 2 is 1.85 bits per heavy atom. The molecule has 0 aromatic heterocycles. The number of aromatic hydroxyl groups is 1. The number of hydrogen-bond acceptors (Lipinski definition) is 10. The molecule has 2 aromatic carbocycles. The van der Waals surface area contributed by atoms with Gasteiger partial charge in [0.15, 0.2) is 11.4 Å². The van der Waals surface area contributed by atoms with Crippen molar-refractivity contribution < 1.29 is 39.7 Å². The average molecular weight is 536 g/mol. The van der Waals surface area contributed by atoms with Gasteiger partial charge in [-0.05, 0) is 55.6 Å². The number of hydrogen-bond donors (Lipinski definition) is 5. The SMILES string of the molecule is CN(C)[C@@H]1C(=O)C(C(N)=O)=C(O)[C@@]2(O)C(=O)C3=C(O)c4c(O)ccc(-c5cccc([N+](=O)[O-])c5)c4CC3CC12. The van der Waals surface area contributed by atoms with Crippen molar-refractivity contribution in [2.45, 2.75) is 24.5 Å². The molecule has 1 amide bonds. The largest absolute Gasteiger partial charge is 0.508 e. The van der Waals surface area contributed by atoms with Gasteiger partial charge in [0.1, 0.15) is 22.8 Å². The highest BCUT2D eigenvalue weighted by Crippen LogP contribution is 2.53. The lowest BCUT2D eigenvalue weighted by Gasteiger charge is -2.50. The lowest BCUT2D eigenvalue weighted by Crippen LogP contribution is -2.65. The highest BCUT2D eigenvalue weighted by Gasteiger charge is 2.64. The second-order valence-corrected chi connectivity index (χ2v) is 10.3. The van der Waals surface area contributed by atoms with Crippen LogP contribution >= 0.6 is 0 Å². The Labute approximate surface area is 221 Å². The Bertz CT molecular complexity index is 1560. The molecule has 2 unspecified atom stereocenters. The summed E-state index contributed by atoms with van der Waals surface area (Å²) in [6.07, 6.45) is 0.0107. The lowest BCUT2D eigenvalue weighted by molar-refractivity contribution is -0.384. The van der Waals surface area contributed by atoms with Crippen molar-refractivity contribution >= 4 is 28.9 Å². The Morgan fingerprint density at radius 1 is 1.15 bits per heavy atom. The molecule has 5 rings (SSSR count). The van der Waals surface area contributed by atoms with Crippen molar-refractivity contribution in [1.82, 2.24) is 4.90 Å². The molecule has 0 aliphatic heterocycles. The number of primary amides is 1. The monoisotopic (exact) mass is 535 g/mol. The molecule has 0 bridgehead atoms. The number of non-ortho nitro benzene ring substituents is 1. The lowest BCUT2D eigenvalue weighted by atomic mass is 9.57. The maximum Gasteiger partial charge on any atom is 0.270 e. The summed E-state index contributed by atoms with van der Waals surface area (Å²) in [6, 6.07) is 7.45. The highest BCUT2D eigenvalue weighted by molar-refractivity contribution is 6.24. The molecule has 6 N–H and O–H groups in total. The first-order valence-corrected chi connectivity index (χ1v) is 12.0. The Morgan fingerprint density at radius 3 is 2.46 bits per heavy atom. The van der Waals surface area contributed by atoms with Crippen LogP contribution in [0.3, 0.4) is 0 Å². The molecule has 0 saturated heterocycles. The van der Waals surface area contributed by atoms with Gasteiger partial charge in [-0.25, -0.2) is 0 Å². The van der Waals surface area contributed by atoms with Gasteiger partial charge in [-0.1, -0.05) is 18.2 Å². The number of phenolic OH excluding ortho intramolecular Hbond substituents is 1. The van der Waals surface area contributed by atoms with Gasteiger partial charge in [0.2, 0.25) is 5.78 Å². The fraction of sp³-hybridized carbons (Fsp3) is 0.296. The third kappa shape index (κ3) is 3.56. The van der Waals surface area contributed by atoms with E-state index in [-0.39, 0.29) is 35.4 Å². The third-order valence-corrected chi connectivity index (χ3v) is 7.97. The van der Waals surface area contributed by atoms with E-state index < -0.39 is 63.0 Å². The van der Waals surface area contributed by atoms with Gasteiger partial charge in [0.05, 0.1) is 16.5 Å². The zero-order chi connectivity index (χ0) is 28.5. The smallest absolute Gasteiger partial charge is 0.270 e. The summed E-state index contributed by atoms with van der Waals surface area (Å²) in [4.78, 5) is 51.3. The second-order valence-electron chi connectivity index (χ2n) is 10.3. The summed E-state index contributed by atoms with van der Waals surface area (Å²) in [5.41, 5.74) is 2.54. The van der Waals surface area contributed by atoms with Crippen LogP contribution in [0, 0.1) is 22.0 Å². The molecular weight excluding hydrogens is 510 g/mol. The van der Waals surface area contributed by atoms with Crippen LogP contribution < -0.4 is 5.73 Å². The van der Waals surface area contributed by atoms with Crippen LogP contribution in [0.25, 0.3) is 16.9 Å². The number of likely N-dealkylation sites (N-methyl/N-ethyl adjacent to an activating group) is 1. The first kappa shape index (κ1) is 26.1. The molecule has 2 aromatic rings. The molecule has 0 heterocycles. The quantitative estimate of drug-likeness (QED) is 0.217. The number of aliphatic hydroxyl groups excluding tert-OH is 2. The van der Waals surface area contributed by atoms with Crippen molar-refractivity contribution in [3.05, 3.63) is 74.5 Å². The molecule has 12 nitrogen and oxygen atoms in total. The maximum absolute atomic E-state index is 13.9. The van der Waals surface area contributed by atoms with E-state index in [0.717, 1.165) is 0 Å². The number of phenols is 1. The van der Waals surface area contributed by atoms with Crippen molar-refractivity contribution in [2.75, 3.05) is 14.1 Å². The molecule has 202 valence electrons. The minimum absolute atomic E-state index is 0.0597. The summed E-state index contributed by atoms with van der Waals surface area (Å²) in [6.45, 7) is 0. The molecule has 3 aliphatic carbocycles. The van der Waals surface area contributed by atoms with Crippen LogP contribution in [0.4, 0.5) is 5.69 Å². The zero-order valence-electron chi connectivity index (χ0n) is 20.9. The number of ketones is 2. The fourth-order valence-electron chi connectivity index (χ4n) is 6.30. The molecule has 12 heteroatoms. The number of carbonyl (C=O) groups excluding carboxylic acids is 3. The summed E-state index contributed by atoms with van der Waals surface area (Å²) in [7, 11) is 3.04. The van der Waals surface area contributed by atoms with Gasteiger partial charge in [-0.15, -0.1) is 0 Å². The van der Waals surface area contributed by atoms with Crippen molar-refractivity contribution in [3.63, 3.8) is 0 Å². The van der Waals surface area contributed by atoms with E-state index in [2.05, 4.69) is 0 Å². The van der Waals surface area contributed by atoms with E-state index in [9.17, 15) is 44.9 Å². The summed E-state index contributed by atoms with van der Waals surface area (Å²) >= 11 is 0. The summed E-state index contributed by atoms with van der Waals surface area (Å²) < 4.78 is 0. The van der Waals surface area contributed by atoms with Gasteiger partial charge in [-0.2, -0.15) is 0 Å². The van der Waals surface area contributed by atoms with Gasteiger partial charge in [0.25, 0.3) is 11.6 Å². The van der Waals surface area contributed by atoms with E-state index in [4.69, 9.17) is 5.73 Å². The third-order valence-electron chi connectivity index (χ3n) is 7.97. The number of amides is 1. The van der Waals surface area contributed by atoms with Crippen LogP contribution in [0.15, 0.2) is 53.3 Å². The number of carbonyl (C=O) groups is 3. The number of nitro groups is 1. The van der Waals surface area contributed by atoms with Crippen molar-refractivity contribution in [3.8, 4) is 16.9 Å². The second kappa shape index (κ2) is 8.75. The molecule has 39 heavy (non-hydrogen) atoms. The summed E-state index contributed by atoms with van der Waals surface area (Å²) in [5.74, 6) is -7.37. The molecule has 1 saturated carbocycles. The standard InChI is InChI=1S/C27H25N3O9/c1-29(2)21-16-10-12-9-15-14(11-4-3-5-13(8-11)30(38)39)6-7-17(31)19(15)22(32)18(12)24(34)27(16,37)25(35)20(23(21)33)26(28)36/h3-8,12,16,21,31-32,35,37H,9-10H2,1-2H3,(H2,28,36)/t12?,16?,21-,27-/m0/s1. The Kier molecular flexibility index (Phi) is 5.85. The van der Waals surface area contributed by atoms with Gasteiger partial charge in [-0.3, -0.25) is 29.4 Å². The van der Waals surface area contributed by atoms with Gasteiger partial charge >= 0.3 is 0 Å². The molecule has 0 radical (unpaired) electrons. The van der Waals surface area contributed by atoms with Gasteiger partial charge < -0.3 is 26.2 Å². The highest BCUT2D eigenvalue weighted by atomic mass is 16.6. The zero-order valence-corrected chi connectivity index (χ0v) is 20.9. The number of nitrogens with two attached hydrogens (primary N) is 1. The molecule has 1 fully saturated rings. The molecule has 3 aliphatic rings. The van der Waals surface area contributed by atoms with E-state index in [1.54, 1.807) is 12.1 Å². The van der Waals surface area contributed by atoms with Crippen LogP contribution in [0.1, 0.15) is 17.5 Å². The average Bonchev–Trinajstić information content (AvgIpc) is 2.86. The van der Waals surface area contributed by atoms with E-state index in [1.165, 1.54) is 43.3 Å². The number of benzene rings is 2. The minimum atomic E-state index is -2.72. The Balaban J connectivity index is 1.73. The maximum atomic E-state index is 13.9. The normalized spacial score (nSPS) is 26.3. The first-order chi connectivity index (χ1) is 18.3. The number of fused-ring (bicyclic) bond motifs is 3. The predicted molar refractivity (Wildman–Crippen MR) is 136 cm³/mol. The van der Waals surface area contributed by atoms with Crippen LogP contribution in [-0.2, 0) is 20.8 Å². The van der Waals surface area contributed by atoms with E-state index in [0.29, 0.717) is 16.7 Å². The topological polar surface area (TPSA) is 205 Å². The van der Waals surface area contributed by atoms with Gasteiger partial charge in [0, 0.05) is 23.6 Å². The van der Waals surface area contributed by atoms with E-state index >= 15 is 0 Å². The fourth-order valence-corrected chi connectivity index (χ4v) is 6.30. The van der Waals surface area contributed by atoms with Crippen LogP contribution in [-0.4, -0.2) is 73.5 Å².